The normalized spacial score (nSPS) is 45.0. The maximum Gasteiger partial charge on any atom is 0.0569 e. The van der Waals surface area contributed by atoms with Gasteiger partial charge >= 0.3 is 0 Å². The second kappa shape index (κ2) is 1.21. The van der Waals surface area contributed by atoms with Crippen molar-refractivity contribution in [3.05, 3.63) is 0 Å². The summed E-state index contributed by atoms with van der Waals surface area (Å²) in [4.78, 5) is 0. The van der Waals surface area contributed by atoms with Gasteiger partial charge in [-0.3, -0.25) is 0 Å². The van der Waals surface area contributed by atoms with Crippen LogP contribution >= 0.6 is 0 Å². The first kappa shape index (κ1) is 4.09. The molecule has 0 aromatic heterocycles. The molecule has 1 aliphatic carbocycles. The van der Waals surface area contributed by atoms with Gasteiger partial charge in [0.1, 0.15) is 0 Å². The number of aliphatic hydroxyl groups excluding tert-OH is 1. The number of nitrogens with two attached hydrogens (primary N) is 1. The van der Waals surface area contributed by atoms with E-state index in [4.69, 9.17) is 10.8 Å². The molecular weight excluding hydrogens is 78.0 g/mol. The van der Waals surface area contributed by atoms with Gasteiger partial charge in [0.25, 0.3) is 0 Å². The molecule has 0 aromatic carbocycles. The molecule has 0 saturated heterocycles. The van der Waals surface area contributed by atoms with Crippen molar-refractivity contribution in [1.82, 2.24) is 0 Å². The predicted octanol–water partition coefficient (Wildman–Crippen LogP) is -0.532. The lowest BCUT2D eigenvalue weighted by Crippen LogP contribution is -2.39. The summed E-state index contributed by atoms with van der Waals surface area (Å²) in [5, 5.41) is 8.54. The maximum atomic E-state index is 8.54. The highest BCUT2D eigenvalue weighted by atomic mass is 16.3. The molecule has 0 spiro atoms. The Morgan fingerprint density at radius 1 is 1.50 bits per heavy atom. The average Bonchev–Trinajstić information content (AvgIpc) is 1.33. The smallest absolute Gasteiger partial charge is 0.0569 e. The van der Waals surface area contributed by atoms with E-state index >= 15 is 0 Å². The lowest BCUT2D eigenvalue weighted by atomic mass is 9.91. The van der Waals surface area contributed by atoms with Crippen LogP contribution in [0.5, 0.6) is 0 Å². The number of rotatable bonds is 0. The molecule has 0 unspecified atom stereocenters. The van der Waals surface area contributed by atoms with Gasteiger partial charge < -0.3 is 10.8 Å². The number of hydrogen-bond donors (Lipinski definition) is 2. The zero-order valence-corrected chi connectivity index (χ0v) is 3.59. The van der Waals surface area contributed by atoms with E-state index in [0.717, 1.165) is 12.8 Å². The van der Waals surface area contributed by atoms with Crippen molar-refractivity contribution in [3.63, 3.8) is 0 Å². The van der Waals surface area contributed by atoms with Crippen molar-refractivity contribution in [3.8, 4) is 0 Å². The quantitative estimate of drug-likeness (QED) is 0.417. The highest BCUT2D eigenvalue weighted by Crippen LogP contribution is 2.15. The average molecular weight is 87.1 g/mol. The Labute approximate surface area is 37.0 Å². The molecule has 6 heavy (non-hydrogen) atoms. The minimum Gasteiger partial charge on any atom is -0.393 e. The molecule has 0 bridgehead atoms. The molecule has 3 N–H and O–H groups in total. The molecule has 0 aromatic rings. The molecular formula is C4H9NO. The van der Waals surface area contributed by atoms with E-state index in [2.05, 4.69) is 0 Å². The standard InChI is InChI=1S/C4H9NO/c5-3-1-4(6)2-3/h3-4,6H,1-2,5H2/t3-,4-. The summed E-state index contributed by atoms with van der Waals surface area (Å²) in [6.45, 7) is 0. The molecule has 2 heteroatoms. The number of hydrogen-bond acceptors (Lipinski definition) is 2. The third-order valence-corrected chi connectivity index (χ3v) is 1.15. The van der Waals surface area contributed by atoms with E-state index in [1.165, 1.54) is 0 Å². The SMILES string of the molecule is N[C@H]1C[C@H](O)C1. The van der Waals surface area contributed by atoms with Gasteiger partial charge in [-0.15, -0.1) is 0 Å². The summed E-state index contributed by atoms with van der Waals surface area (Å²) in [6, 6.07) is 0.292. The summed E-state index contributed by atoms with van der Waals surface area (Å²) >= 11 is 0. The van der Waals surface area contributed by atoms with Crippen LogP contribution in [0.3, 0.4) is 0 Å². The summed E-state index contributed by atoms with van der Waals surface area (Å²) in [7, 11) is 0. The van der Waals surface area contributed by atoms with Crippen LogP contribution < -0.4 is 5.73 Å². The van der Waals surface area contributed by atoms with Crippen LogP contribution in [0.15, 0.2) is 0 Å². The van der Waals surface area contributed by atoms with Crippen molar-refractivity contribution < 1.29 is 5.11 Å². The van der Waals surface area contributed by atoms with Crippen LogP contribution in [0.2, 0.25) is 0 Å². The Bertz CT molecular complexity index is 43.5. The molecule has 0 radical (unpaired) electrons. The summed E-state index contributed by atoms with van der Waals surface area (Å²) in [5.41, 5.74) is 5.31. The zero-order chi connectivity index (χ0) is 4.57. The fraction of sp³-hybridized carbons (Fsp3) is 1.00. The Hall–Kier alpha value is -0.0800. The molecule has 0 heterocycles. The maximum absolute atomic E-state index is 8.54. The Balaban J connectivity index is 2.11. The van der Waals surface area contributed by atoms with E-state index in [1.54, 1.807) is 0 Å². The van der Waals surface area contributed by atoms with Crippen molar-refractivity contribution in [2.24, 2.45) is 5.73 Å². The molecule has 1 aliphatic rings. The fourth-order valence-electron chi connectivity index (χ4n) is 0.630. The van der Waals surface area contributed by atoms with Gasteiger partial charge in [-0.2, -0.15) is 0 Å². The van der Waals surface area contributed by atoms with Gasteiger partial charge in [0.2, 0.25) is 0 Å². The highest BCUT2D eigenvalue weighted by molar-refractivity contribution is 4.80. The van der Waals surface area contributed by atoms with E-state index in [0.29, 0.717) is 6.04 Å². The first-order chi connectivity index (χ1) is 2.79. The predicted molar refractivity (Wildman–Crippen MR) is 23.2 cm³/mol. The topological polar surface area (TPSA) is 46.2 Å². The van der Waals surface area contributed by atoms with Crippen molar-refractivity contribution in [1.29, 1.82) is 0 Å². The summed E-state index contributed by atoms with van der Waals surface area (Å²) < 4.78 is 0. The summed E-state index contributed by atoms with van der Waals surface area (Å²) in [5.74, 6) is 0. The fourth-order valence-corrected chi connectivity index (χ4v) is 0.630. The Kier molecular flexibility index (Phi) is 0.821. The minimum atomic E-state index is -0.0833. The van der Waals surface area contributed by atoms with Crippen LogP contribution in [-0.4, -0.2) is 17.3 Å². The van der Waals surface area contributed by atoms with Gasteiger partial charge in [0.15, 0.2) is 0 Å². The van der Waals surface area contributed by atoms with Crippen molar-refractivity contribution >= 4 is 0 Å². The molecule has 1 fully saturated rings. The molecule has 1 rings (SSSR count). The third-order valence-electron chi connectivity index (χ3n) is 1.15. The monoisotopic (exact) mass is 87.1 g/mol. The zero-order valence-electron chi connectivity index (χ0n) is 3.59. The van der Waals surface area contributed by atoms with Crippen molar-refractivity contribution in [2.45, 2.75) is 25.0 Å². The Morgan fingerprint density at radius 3 is 2.00 bits per heavy atom. The molecule has 0 aliphatic heterocycles. The largest absolute Gasteiger partial charge is 0.393 e. The Morgan fingerprint density at radius 2 is 2.00 bits per heavy atom. The molecule has 36 valence electrons. The van der Waals surface area contributed by atoms with Gasteiger partial charge in [0.05, 0.1) is 6.10 Å². The third kappa shape index (κ3) is 0.533. The van der Waals surface area contributed by atoms with Crippen LogP contribution in [0, 0.1) is 0 Å². The molecule has 0 atom stereocenters. The highest BCUT2D eigenvalue weighted by Gasteiger charge is 2.22. The molecule has 1 saturated carbocycles. The van der Waals surface area contributed by atoms with E-state index < -0.39 is 0 Å². The first-order valence-corrected chi connectivity index (χ1v) is 2.22. The molecule has 0 amide bonds. The van der Waals surface area contributed by atoms with Gasteiger partial charge in [-0.25, -0.2) is 0 Å². The van der Waals surface area contributed by atoms with Gasteiger partial charge in [-0.05, 0) is 12.8 Å². The lowest BCUT2D eigenvalue weighted by molar-refractivity contribution is 0.0770. The second-order valence-corrected chi connectivity index (χ2v) is 1.89. The van der Waals surface area contributed by atoms with Crippen LogP contribution in [0.25, 0.3) is 0 Å². The summed E-state index contributed by atoms with van der Waals surface area (Å²) in [6.07, 6.45) is 1.53. The first-order valence-electron chi connectivity index (χ1n) is 2.22. The van der Waals surface area contributed by atoms with Crippen LogP contribution in [0.4, 0.5) is 0 Å². The lowest BCUT2D eigenvalue weighted by Gasteiger charge is -2.26. The van der Waals surface area contributed by atoms with Crippen LogP contribution in [0.1, 0.15) is 12.8 Å². The minimum absolute atomic E-state index is 0.0833. The van der Waals surface area contributed by atoms with E-state index in [9.17, 15) is 0 Å². The van der Waals surface area contributed by atoms with E-state index in [1.807, 2.05) is 0 Å². The number of aliphatic hydroxyl groups is 1. The van der Waals surface area contributed by atoms with E-state index in [-0.39, 0.29) is 6.10 Å². The second-order valence-electron chi connectivity index (χ2n) is 1.89. The van der Waals surface area contributed by atoms with Gasteiger partial charge in [0, 0.05) is 6.04 Å². The van der Waals surface area contributed by atoms with Gasteiger partial charge in [-0.1, -0.05) is 0 Å². The van der Waals surface area contributed by atoms with Crippen molar-refractivity contribution in [2.75, 3.05) is 0 Å². The molecule has 2 nitrogen and oxygen atoms in total. The van der Waals surface area contributed by atoms with Crippen LogP contribution in [-0.2, 0) is 0 Å².